The van der Waals surface area contributed by atoms with Crippen molar-refractivity contribution in [3.05, 3.63) is 23.8 Å². The minimum Gasteiger partial charge on any atom is -0.493 e. The van der Waals surface area contributed by atoms with Gasteiger partial charge >= 0.3 is 0 Å². The van der Waals surface area contributed by atoms with Crippen molar-refractivity contribution in [2.45, 2.75) is 19.8 Å². The first-order valence-corrected chi connectivity index (χ1v) is 5.25. The summed E-state index contributed by atoms with van der Waals surface area (Å²) >= 11 is 0. The molecule has 1 aromatic carbocycles. The standard InChI is InChI=1S/C13H17NO2/c1-9(2)11(8-14)10-5-6-12(15-3)13(7-10)16-4/h5-7,9,11H,1-4H3/t11-/m0/s1. The molecule has 0 amide bonds. The molecule has 0 aliphatic heterocycles. The summed E-state index contributed by atoms with van der Waals surface area (Å²) in [7, 11) is 3.19. The fourth-order valence-electron chi connectivity index (χ4n) is 1.65. The van der Waals surface area contributed by atoms with Gasteiger partial charge in [0, 0.05) is 0 Å². The quantitative estimate of drug-likeness (QED) is 0.781. The van der Waals surface area contributed by atoms with Gasteiger partial charge in [0.25, 0.3) is 0 Å². The molecular weight excluding hydrogens is 202 g/mol. The molecule has 0 radical (unpaired) electrons. The fourth-order valence-corrected chi connectivity index (χ4v) is 1.65. The van der Waals surface area contributed by atoms with Crippen molar-refractivity contribution < 1.29 is 9.47 Å². The van der Waals surface area contributed by atoms with E-state index in [4.69, 9.17) is 14.7 Å². The van der Waals surface area contributed by atoms with Crippen molar-refractivity contribution >= 4 is 0 Å². The first-order chi connectivity index (χ1) is 7.63. The molecule has 0 aliphatic rings. The predicted octanol–water partition coefficient (Wildman–Crippen LogP) is 2.97. The maximum Gasteiger partial charge on any atom is 0.161 e. The minimum atomic E-state index is -0.111. The van der Waals surface area contributed by atoms with Crippen LogP contribution in [0.3, 0.4) is 0 Å². The molecule has 16 heavy (non-hydrogen) atoms. The summed E-state index contributed by atoms with van der Waals surface area (Å²) in [6.07, 6.45) is 0. The molecule has 0 fully saturated rings. The van der Waals surface area contributed by atoms with E-state index < -0.39 is 0 Å². The zero-order valence-electron chi connectivity index (χ0n) is 10.2. The Morgan fingerprint density at radius 1 is 1.12 bits per heavy atom. The zero-order chi connectivity index (χ0) is 12.1. The van der Waals surface area contributed by atoms with Crippen LogP contribution in [0.25, 0.3) is 0 Å². The van der Waals surface area contributed by atoms with E-state index in [1.807, 2.05) is 32.0 Å². The van der Waals surface area contributed by atoms with Crippen LogP contribution in [0.15, 0.2) is 18.2 Å². The SMILES string of the molecule is COc1ccc([C@@H](C#N)C(C)C)cc1OC. The van der Waals surface area contributed by atoms with Crippen LogP contribution in [0.2, 0.25) is 0 Å². The molecule has 1 atom stereocenters. The largest absolute Gasteiger partial charge is 0.493 e. The first kappa shape index (κ1) is 12.4. The number of rotatable bonds is 4. The minimum absolute atomic E-state index is 0.111. The van der Waals surface area contributed by atoms with Crippen molar-refractivity contribution in [2.24, 2.45) is 5.92 Å². The van der Waals surface area contributed by atoms with Gasteiger partial charge in [-0.1, -0.05) is 19.9 Å². The summed E-state index contributed by atoms with van der Waals surface area (Å²) < 4.78 is 10.4. The molecule has 0 saturated carbocycles. The number of ether oxygens (including phenoxy) is 2. The number of hydrogen-bond acceptors (Lipinski definition) is 3. The van der Waals surface area contributed by atoms with Crippen LogP contribution in [0.1, 0.15) is 25.3 Å². The number of nitriles is 1. The van der Waals surface area contributed by atoms with E-state index in [-0.39, 0.29) is 11.8 Å². The van der Waals surface area contributed by atoms with Crippen molar-refractivity contribution in [1.82, 2.24) is 0 Å². The second-order valence-electron chi connectivity index (χ2n) is 3.97. The molecule has 0 N–H and O–H groups in total. The zero-order valence-corrected chi connectivity index (χ0v) is 10.2. The van der Waals surface area contributed by atoms with Gasteiger partial charge in [0.15, 0.2) is 11.5 Å². The summed E-state index contributed by atoms with van der Waals surface area (Å²) in [5, 5.41) is 9.12. The number of benzene rings is 1. The van der Waals surface area contributed by atoms with E-state index >= 15 is 0 Å². The molecular formula is C13H17NO2. The normalized spacial score (nSPS) is 12.0. The summed E-state index contributed by atoms with van der Waals surface area (Å²) in [5.41, 5.74) is 0.968. The van der Waals surface area contributed by atoms with Crippen LogP contribution < -0.4 is 9.47 Å². The van der Waals surface area contributed by atoms with E-state index in [2.05, 4.69) is 6.07 Å². The molecule has 3 heteroatoms. The van der Waals surface area contributed by atoms with Gasteiger partial charge in [-0.15, -0.1) is 0 Å². The van der Waals surface area contributed by atoms with Crippen LogP contribution in [0.4, 0.5) is 0 Å². The summed E-state index contributed by atoms with van der Waals surface area (Å²) in [6, 6.07) is 7.92. The Balaban J connectivity index is 3.12. The lowest BCUT2D eigenvalue weighted by Crippen LogP contribution is -2.04. The third kappa shape index (κ3) is 2.46. The monoisotopic (exact) mass is 219 g/mol. The smallest absolute Gasteiger partial charge is 0.161 e. The molecule has 0 aliphatic carbocycles. The highest BCUT2D eigenvalue weighted by Crippen LogP contribution is 2.32. The van der Waals surface area contributed by atoms with Gasteiger partial charge in [0.1, 0.15) is 0 Å². The average Bonchev–Trinajstić information content (AvgIpc) is 2.29. The van der Waals surface area contributed by atoms with Crippen LogP contribution in [0, 0.1) is 17.2 Å². The third-order valence-electron chi connectivity index (χ3n) is 2.57. The second kappa shape index (κ2) is 5.41. The van der Waals surface area contributed by atoms with Gasteiger partial charge in [-0.3, -0.25) is 0 Å². The Hall–Kier alpha value is -1.69. The Morgan fingerprint density at radius 3 is 2.19 bits per heavy atom. The highest BCUT2D eigenvalue weighted by Gasteiger charge is 2.16. The number of nitrogens with zero attached hydrogens (tertiary/aromatic N) is 1. The molecule has 86 valence electrons. The molecule has 0 bridgehead atoms. The van der Waals surface area contributed by atoms with Gasteiger partial charge in [-0.05, 0) is 23.6 Å². The lowest BCUT2D eigenvalue weighted by molar-refractivity contribution is 0.354. The topological polar surface area (TPSA) is 42.2 Å². The Labute approximate surface area is 96.6 Å². The maximum absolute atomic E-state index is 9.12. The molecule has 0 aromatic heterocycles. The molecule has 0 unspecified atom stereocenters. The van der Waals surface area contributed by atoms with Crippen molar-refractivity contribution in [1.29, 1.82) is 5.26 Å². The van der Waals surface area contributed by atoms with Crippen molar-refractivity contribution in [3.63, 3.8) is 0 Å². The molecule has 1 rings (SSSR count). The Kier molecular flexibility index (Phi) is 4.19. The van der Waals surface area contributed by atoms with Gasteiger partial charge < -0.3 is 9.47 Å². The summed E-state index contributed by atoms with van der Waals surface area (Å²) in [6.45, 7) is 4.06. The van der Waals surface area contributed by atoms with E-state index in [0.29, 0.717) is 11.5 Å². The number of hydrogen-bond donors (Lipinski definition) is 0. The number of methoxy groups -OCH3 is 2. The van der Waals surface area contributed by atoms with Crippen molar-refractivity contribution in [3.8, 4) is 17.6 Å². The van der Waals surface area contributed by atoms with Crippen LogP contribution in [-0.2, 0) is 0 Å². The van der Waals surface area contributed by atoms with Gasteiger partial charge in [0.05, 0.1) is 26.2 Å². The molecule has 0 spiro atoms. The lowest BCUT2D eigenvalue weighted by Gasteiger charge is -2.15. The highest BCUT2D eigenvalue weighted by molar-refractivity contribution is 5.45. The van der Waals surface area contributed by atoms with E-state index in [0.717, 1.165) is 5.56 Å². The van der Waals surface area contributed by atoms with Crippen molar-refractivity contribution in [2.75, 3.05) is 14.2 Å². The highest BCUT2D eigenvalue weighted by atomic mass is 16.5. The summed E-state index contributed by atoms with van der Waals surface area (Å²) in [5.74, 6) is 1.52. The fraction of sp³-hybridized carbons (Fsp3) is 0.462. The van der Waals surface area contributed by atoms with Crippen LogP contribution in [0.5, 0.6) is 11.5 Å². The van der Waals surface area contributed by atoms with Crippen LogP contribution >= 0.6 is 0 Å². The van der Waals surface area contributed by atoms with Crippen LogP contribution in [-0.4, -0.2) is 14.2 Å². The van der Waals surface area contributed by atoms with Gasteiger partial charge in [0.2, 0.25) is 0 Å². The Morgan fingerprint density at radius 2 is 1.75 bits per heavy atom. The molecule has 0 saturated heterocycles. The van der Waals surface area contributed by atoms with E-state index in [1.54, 1.807) is 14.2 Å². The maximum atomic E-state index is 9.12. The second-order valence-corrected chi connectivity index (χ2v) is 3.97. The van der Waals surface area contributed by atoms with E-state index in [9.17, 15) is 0 Å². The molecule has 1 aromatic rings. The van der Waals surface area contributed by atoms with E-state index in [1.165, 1.54) is 0 Å². The van der Waals surface area contributed by atoms with Gasteiger partial charge in [-0.25, -0.2) is 0 Å². The Bertz CT molecular complexity index is 393. The molecule has 0 heterocycles. The average molecular weight is 219 g/mol. The third-order valence-corrected chi connectivity index (χ3v) is 2.57. The van der Waals surface area contributed by atoms with Gasteiger partial charge in [-0.2, -0.15) is 5.26 Å². The predicted molar refractivity (Wildman–Crippen MR) is 62.7 cm³/mol. The lowest BCUT2D eigenvalue weighted by atomic mass is 9.90. The first-order valence-electron chi connectivity index (χ1n) is 5.25. The molecule has 3 nitrogen and oxygen atoms in total. The summed E-state index contributed by atoms with van der Waals surface area (Å²) in [4.78, 5) is 0.